The number of benzene rings is 1. The first kappa shape index (κ1) is 11.5. The lowest BCUT2D eigenvalue weighted by molar-refractivity contribution is -0.0125. The highest BCUT2D eigenvalue weighted by atomic mass is 16.3. The average molecular weight is 256 g/mol. The molecule has 2 unspecified atom stereocenters. The van der Waals surface area contributed by atoms with Crippen LogP contribution in [-0.2, 0) is 5.60 Å². The third-order valence-corrected chi connectivity index (χ3v) is 5.01. The van der Waals surface area contributed by atoms with Crippen molar-refractivity contribution < 1.29 is 5.11 Å². The zero-order valence-electron chi connectivity index (χ0n) is 11.1. The van der Waals surface area contributed by atoms with Gasteiger partial charge >= 0.3 is 0 Å². The Morgan fingerprint density at radius 2 is 2.16 bits per heavy atom. The van der Waals surface area contributed by atoms with Gasteiger partial charge in [-0.1, -0.05) is 18.6 Å². The summed E-state index contributed by atoms with van der Waals surface area (Å²) in [5.41, 5.74) is 1.57. The van der Waals surface area contributed by atoms with Gasteiger partial charge in [0.25, 0.3) is 0 Å². The molecule has 0 bridgehead atoms. The molecule has 2 fully saturated rings. The number of nitrogens with zero attached hydrogens (tertiary/aromatic N) is 1. The first-order valence-corrected chi connectivity index (χ1v) is 7.32. The van der Waals surface area contributed by atoms with E-state index in [0.717, 1.165) is 37.0 Å². The maximum absolute atomic E-state index is 11.3. The van der Waals surface area contributed by atoms with E-state index < -0.39 is 5.60 Å². The summed E-state index contributed by atoms with van der Waals surface area (Å²) in [4.78, 5) is 5.73. The zero-order chi connectivity index (χ0) is 12.9. The summed E-state index contributed by atoms with van der Waals surface area (Å²) in [6.45, 7) is 2.18. The second-order valence-electron chi connectivity index (χ2n) is 5.97. The number of hydrogen-bond donors (Lipinski definition) is 2. The van der Waals surface area contributed by atoms with Crippen molar-refractivity contribution in [1.29, 1.82) is 0 Å². The molecule has 2 saturated heterocycles. The van der Waals surface area contributed by atoms with Crippen LogP contribution < -0.4 is 0 Å². The van der Waals surface area contributed by atoms with Gasteiger partial charge in [0.05, 0.1) is 0 Å². The molecular formula is C16H20N2O. The Morgan fingerprint density at radius 1 is 1.21 bits per heavy atom. The molecule has 0 radical (unpaired) electrons. The topological polar surface area (TPSA) is 39.3 Å². The second kappa shape index (κ2) is 4.09. The van der Waals surface area contributed by atoms with Crippen LogP contribution >= 0.6 is 0 Å². The third kappa shape index (κ3) is 1.58. The highest BCUT2D eigenvalue weighted by Gasteiger charge is 2.48. The highest BCUT2D eigenvalue weighted by Crippen LogP contribution is 2.44. The number of rotatable bonds is 1. The Bertz CT molecular complexity index is 606. The summed E-state index contributed by atoms with van der Waals surface area (Å²) in [6, 6.07) is 8.64. The Hall–Kier alpha value is -1.32. The standard InChI is InChI=1S/C16H20N2O/c19-16(8-11-18-10-2-1-6-15(16)18)13-4-3-5-14-12(13)7-9-17-14/h3-5,7,9,15,17,19H,1-2,6,8,10-11H2. The molecule has 0 amide bonds. The fourth-order valence-electron chi connectivity index (χ4n) is 4.06. The molecule has 1 aromatic heterocycles. The van der Waals surface area contributed by atoms with Crippen LogP contribution in [0.5, 0.6) is 0 Å². The molecule has 0 aliphatic carbocycles. The van der Waals surface area contributed by atoms with E-state index in [1.165, 1.54) is 18.2 Å². The first-order valence-electron chi connectivity index (χ1n) is 7.32. The number of hydrogen-bond acceptors (Lipinski definition) is 2. The number of aromatic nitrogens is 1. The minimum absolute atomic E-state index is 0.307. The number of H-pyrrole nitrogens is 1. The summed E-state index contributed by atoms with van der Waals surface area (Å²) in [5, 5.41) is 12.5. The Kier molecular flexibility index (Phi) is 2.47. The smallest absolute Gasteiger partial charge is 0.107 e. The molecule has 100 valence electrons. The van der Waals surface area contributed by atoms with Gasteiger partial charge in [0.1, 0.15) is 5.60 Å². The van der Waals surface area contributed by atoms with Gasteiger partial charge in [0, 0.05) is 29.7 Å². The molecule has 2 aliphatic rings. The lowest BCUT2D eigenvalue weighted by Crippen LogP contribution is -2.45. The maximum atomic E-state index is 11.3. The molecule has 2 aromatic rings. The van der Waals surface area contributed by atoms with E-state index in [1.807, 2.05) is 6.20 Å². The van der Waals surface area contributed by atoms with Crippen LogP contribution in [0.4, 0.5) is 0 Å². The van der Waals surface area contributed by atoms with Gasteiger partial charge in [-0.2, -0.15) is 0 Å². The van der Waals surface area contributed by atoms with Crippen molar-refractivity contribution >= 4 is 10.9 Å². The molecule has 1 aromatic carbocycles. The van der Waals surface area contributed by atoms with Gasteiger partial charge < -0.3 is 10.1 Å². The zero-order valence-corrected chi connectivity index (χ0v) is 11.1. The largest absolute Gasteiger partial charge is 0.383 e. The molecule has 0 saturated carbocycles. The van der Waals surface area contributed by atoms with Gasteiger partial charge in [-0.05, 0) is 43.5 Å². The Labute approximate surface area is 113 Å². The molecule has 3 heteroatoms. The minimum Gasteiger partial charge on any atom is -0.383 e. The van der Waals surface area contributed by atoms with Crippen molar-refractivity contribution in [1.82, 2.24) is 9.88 Å². The molecule has 4 rings (SSSR count). The van der Waals surface area contributed by atoms with E-state index in [9.17, 15) is 5.11 Å². The highest BCUT2D eigenvalue weighted by molar-refractivity contribution is 5.84. The average Bonchev–Trinajstić information content (AvgIpc) is 3.05. The maximum Gasteiger partial charge on any atom is 0.107 e. The summed E-state index contributed by atoms with van der Waals surface area (Å²) < 4.78 is 0. The van der Waals surface area contributed by atoms with Crippen LogP contribution in [0.15, 0.2) is 30.5 Å². The first-order chi connectivity index (χ1) is 9.29. The number of aromatic amines is 1. The molecule has 0 spiro atoms. The molecule has 2 N–H and O–H groups in total. The monoisotopic (exact) mass is 256 g/mol. The number of aliphatic hydroxyl groups is 1. The second-order valence-corrected chi connectivity index (χ2v) is 5.97. The van der Waals surface area contributed by atoms with Crippen LogP contribution in [0.25, 0.3) is 10.9 Å². The van der Waals surface area contributed by atoms with Crippen LogP contribution in [0.2, 0.25) is 0 Å². The van der Waals surface area contributed by atoms with Crippen molar-refractivity contribution in [2.45, 2.75) is 37.3 Å². The van der Waals surface area contributed by atoms with Crippen LogP contribution in [-0.4, -0.2) is 34.1 Å². The van der Waals surface area contributed by atoms with Crippen molar-refractivity contribution in [3.8, 4) is 0 Å². The molecule has 2 atom stereocenters. The molecular weight excluding hydrogens is 236 g/mol. The van der Waals surface area contributed by atoms with Gasteiger partial charge in [-0.25, -0.2) is 0 Å². The Balaban J connectivity index is 1.84. The number of nitrogens with one attached hydrogen (secondary N) is 1. The normalized spacial score (nSPS) is 31.7. The van der Waals surface area contributed by atoms with E-state index in [1.54, 1.807) is 0 Å². The predicted octanol–water partition coefficient (Wildman–Crippen LogP) is 2.61. The third-order valence-electron chi connectivity index (χ3n) is 5.01. The van der Waals surface area contributed by atoms with Crippen LogP contribution in [0.3, 0.4) is 0 Å². The number of piperidine rings is 1. The van der Waals surface area contributed by atoms with Gasteiger partial charge in [-0.3, -0.25) is 4.90 Å². The summed E-state index contributed by atoms with van der Waals surface area (Å²) in [7, 11) is 0. The number of fused-ring (bicyclic) bond motifs is 2. The fraction of sp³-hybridized carbons (Fsp3) is 0.500. The summed E-state index contributed by atoms with van der Waals surface area (Å²) in [6.07, 6.45) is 6.47. The lowest BCUT2D eigenvalue weighted by atomic mass is 9.81. The van der Waals surface area contributed by atoms with Gasteiger partial charge in [0.2, 0.25) is 0 Å². The Morgan fingerprint density at radius 3 is 3.11 bits per heavy atom. The van der Waals surface area contributed by atoms with Crippen molar-refractivity contribution in [3.05, 3.63) is 36.0 Å². The predicted molar refractivity (Wildman–Crippen MR) is 76.0 cm³/mol. The molecule has 19 heavy (non-hydrogen) atoms. The van der Waals surface area contributed by atoms with E-state index >= 15 is 0 Å². The minimum atomic E-state index is -0.665. The van der Waals surface area contributed by atoms with Crippen LogP contribution in [0, 0.1) is 0 Å². The van der Waals surface area contributed by atoms with E-state index in [0.29, 0.717) is 6.04 Å². The SMILES string of the molecule is OC1(c2cccc3[nH]ccc23)CCN2CCCCC21. The summed E-state index contributed by atoms with van der Waals surface area (Å²) in [5.74, 6) is 0. The van der Waals surface area contributed by atoms with Crippen molar-refractivity contribution in [3.63, 3.8) is 0 Å². The summed E-state index contributed by atoms with van der Waals surface area (Å²) >= 11 is 0. The molecule has 3 nitrogen and oxygen atoms in total. The van der Waals surface area contributed by atoms with Crippen molar-refractivity contribution in [2.75, 3.05) is 13.1 Å². The van der Waals surface area contributed by atoms with E-state index in [4.69, 9.17) is 0 Å². The molecule has 3 heterocycles. The van der Waals surface area contributed by atoms with Crippen molar-refractivity contribution in [2.24, 2.45) is 0 Å². The lowest BCUT2D eigenvalue weighted by Gasteiger charge is -2.38. The van der Waals surface area contributed by atoms with Crippen LogP contribution in [0.1, 0.15) is 31.2 Å². The fourth-order valence-corrected chi connectivity index (χ4v) is 4.06. The quantitative estimate of drug-likeness (QED) is 0.823. The van der Waals surface area contributed by atoms with Gasteiger partial charge in [-0.15, -0.1) is 0 Å². The van der Waals surface area contributed by atoms with E-state index in [2.05, 4.69) is 34.1 Å². The molecule has 2 aliphatic heterocycles. The van der Waals surface area contributed by atoms with Gasteiger partial charge in [0.15, 0.2) is 0 Å². The van der Waals surface area contributed by atoms with E-state index in [-0.39, 0.29) is 0 Å².